The van der Waals surface area contributed by atoms with Crippen LogP contribution in [0.15, 0.2) is 60.9 Å². The van der Waals surface area contributed by atoms with Gasteiger partial charge in [0.25, 0.3) is 0 Å². The summed E-state index contributed by atoms with van der Waals surface area (Å²) in [7, 11) is 0. The van der Waals surface area contributed by atoms with Gasteiger partial charge >= 0.3 is 0 Å². The first kappa shape index (κ1) is 12.5. The molecule has 2 aromatic carbocycles. The van der Waals surface area contributed by atoms with Crippen molar-refractivity contribution in [3.05, 3.63) is 72.1 Å². The van der Waals surface area contributed by atoms with Crippen molar-refractivity contribution in [3.8, 4) is 0 Å². The maximum absolute atomic E-state index is 6.47. The molecule has 1 aliphatic carbocycles. The zero-order valence-electron chi connectivity index (χ0n) is 11.7. The summed E-state index contributed by atoms with van der Waals surface area (Å²) in [6.07, 6.45) is 4.61. The Morgan fingerprint density at radius 1 is 0.952 bits per heavy atom. The average molecular weight is 275 g/mol. The van der Waals surface area contributed by atoms with Gasteiger partial charge in [0.1, 0.15) is 0 Å². The number of rotatable bonds is 3. The Bertz CT molecular complexity index is 770. The van der Waals surface area contributed by atoms with E-state index < -0.39 is 0 Å². The molecule has 21 heavy (non-hydrogen) atoms. The van der Waals surface area contributed by atoms with Crippen molar-refractivity contribution in [2.45, 2.75) is 18.4 Å². The highest BCUT2D eigenvalue weighted by atomic mass is 14.8. The zero-order chi connectivity index (χ0) is 14.2. The predicted octanol–water partition coefficient (Wildman–Crippen LogP) is 3.43. The summed E-state index contributed by atoms with van der Waals surface area (Å²) in [5, 5.41) is 0. The van der Waals surface area contributed by atoms with Crippen LogP contribution >= 0.6 is 0 Å². The Balaban J connectivity index is 1.58. The van der Waals surface area contributed by atoms with Crippen LogP contribution in [0.2, 0.25) is 0 Å². The average Bonchev–Trinajstić information content (AvgIpc) is 3.35. The lowest BCUT2D eigenvalue weighted by Gasteiger charge is -2.12. The zero-order valence-corrected chi connectivity index (χ0v) is 11.7. The van der Waals surface area contributed by atoms with Gasteiger partial charge in [-0.05, 0) is 41.5 Å². The second-order valence-corrected chi connectivity index (χ2v) is 5.75. The Hall–Kier alpha value is -2.26. The number of aromatic nitrogens is 2. The molecule has 0 bridgehead atoms. The van der Waals surface area contributed by atoms with Crippen LogP contribution in [-0.4, -0.2) is 9.97 Å². The van der Waals surface area contributed by atoms with E-state index in [1.54, 1.807) is 12.4 Å². The Kier molecular flexibility index (Phi) is 2.93. The van der Waals surface area contributed by atoms with Crippen molar-refractivity contribution >= 4 is 11.0 Å². The number of nitrogens with two attached hydrogens (primary N) is 1. The van der Waals surface area contributed by atoms with Crippen LogP contribution in [0.3, 0.4) is 0 Å². The summed E-state index contributed by atoms with van der Waals surface area (Å²) in [6, 6.07) is 16.9. The first-order valence-corrected chi connectivity index (χ1v) is 7.34. The van der Waals surface area contributed by atoms with Gasteiger partial charge < -0.3 is 5.73 Å². The quantitative estimate of drug-likeness (QED) is 0.796. The minimum atomic E-state index is 0.0709. The minimum absolute atomic E-state index is 0.0709. The third-order valence-electron chi connectivity index (χ3n) is 4.41. The van der Waals surface area contributed by atoms with Crippen LogP contribution in [-0.2, 0) is 0 Å². The van der Waals surface area contributed by atoms with Gasteiger partial charge in [-0.1, -0.05) is 36.4 Å². The summed E-state index contributed by atoms with van der Waals surface area (Å²) in [5.74, 6) is 1.13. The van der Waals surface area contributed by atoms with Gasteiger partial charge in [-0.3, -0.25) is 9.97 Å². The highest BCUT2D eigenvalue weighted by Crippen LogP contribution is 2.53. The molecule has 3 nitrogen and oxygen atoms in total. The van der Waals surface area contributed by atoms with Gasteiger partial charge in [-0.25, -0.2) is 0 Å². The molecule has 1 saturated carbocycles. The monoisotopic (exact) mass is 275 g/mol. The predicted molar refractivity (Wildman–Crippen MR) is 83.8 cm³/mol. The van der Waals surface area contributed by atoms with Crippen molar-refractivity contribution in [1.29, 1.82) is 0 Å². The van der Waals surface area contributed by atoms with Crippen molar-refractivity contribution in [2.75, 3.05) is 0 Å². The Labute approximate surface area is 123 Å². The van der Waals surface area contributed by atoms with Crippen molar-refractivity contribution in [2.24, 2.45) is 11.7 Å². The molecule has 1 aromatic heterocycles. The fourth-order valence-electron chi connectivity index (χ4n) is 3.13. The van der Waals surface area contributed by atoms with Crippen molar-refractivity contribution in [1.82, 2.24) is 9.97 Å². The van der Waals surface area contributed by atoms with Crippen molar-refractivity contribution < 1.29 is 0 Å². The standard InChI is InChI=1S/C18H17N3/c19-18(15-11-14(15)12-4-2-1-3-5-12)13-6-7-16-17(10-13)21-9-8-20-16/h1-10,14-15,18H,11,19H2. The lowest BCUT2D eigenvalue weighted by Crippen LogP contribution is -2.13. The van der Waals surface area contributed by atoms with E-state index in [2.05, 4.69) is 52.4 Å². The van der Waals surface area contributed by atoms with Crippen LogP contribution in [0, 0.1) is 5.92 Å². The summed E-state index contributed by atoms with van der Waals surface area (Å²) in [5.41, 5.74) is 10.9. The molecule has 0 spiro atoms. The summed E-state index contributed by atoms with van der Waals surface area (Å²) < 4.78 is 0. The highest BCUT2D eigenvalue weighted by Gasteiger charge is 2.42. The van der Waals surface area contributed by atoms with Gasteiger partial charge in [-0.15, -0.1) is 0 Å². The number of benzene rings is 2. The van der Waals surface area contributed by atoms with Gasteiger partial charge in [0.05, 0.1) is 11.0 Å². The molecule has 2 N–H and O–H groups in total. The maximum Gasteiger partial charge on any atom is 0.0890 e. The maximum atomic E-state index is 6.47. The third kappa shape index (κ3) is 2.30. The second-order valence-electron chi connectivity index (χ2n) is 5.75. The first-order valence-electron chi connectivity index (χ1n) is 7.34. The van der Waals surface area contributed by atoms with Crippen LogP contribution in [0.4, 0.5) is 0 Å². The molecular weight excluding hydrogens is 258 g/mol. The SMILES string of the molecule is NC(c1ccc2nccnc2c1)C1CC1c1ccccc1. The topological polar surface area (TPSA) is 51.8 Å². The van der Waals surface area contributed by atoms with Crippen LogP contribution < -0.4 is 5.73 Å². The lowest BCUT2D eigenvalue weighted by atomic mass is 9.99. The fourth-order valence-corrected chi connectivity index (χ4v) is 3.13. The van der Waals surface area contributed by atoms with E-state index in [4.69, 9.17) is 5.73 Å². The Morgan fingerprint density at radius 3 is 2.52 bits per heavy atom. The molecule has 3 atom stereocenters. The van der Waals surface area contributed by atoms with E-state index in [9.17, 15) is 0 Å². The first-order chi connectivity index (χ1) is 10.3. The molecule has 0 saturated heterocycles. The van der Waals surface area contributed by atoms with Crippen molar-refractivity contribution in [3.63, 3.8) is 0 Å². The van der Waals surface area contributed by atoms with E-state index >= 15 is 0 Å². The molecule has 0 aliphatic heterocycles. The van der Waals surface area contributed by atoms with E-state index in [0.29, 0.717) is 11.8 Å². The van der Waals surface area contributed by atoms with E-state index in [1.807, 2.05) is 6.07 Å². The van der Waals surface area contributed by atoms with Crippen LogP contribution in [0.25, 0.3) is 11.0 Å². The van der Waals surface area contributed by atoms with Gasteiger partial charge in [0, 0.05) is 18.4 Å². The number of nitrogens with zero attached hydrogens (tertiary/aromatic N) is 2. The smallest absolute Gasteiger partial charge is 0.0890 e. The minimum Gasteiger partial charge on any atom is -0.324 e. The van der Waals surface area contributed by atoms with E-state index in [-0.39, 0.29) is 6.04 Å². The molecule has 4 rings (SSSR count). The molecule has 1 aliphatic rings. The second kappa shape index (κ2) is 4.93. The molecule has 0 radical (unpaired) electrons. The van der Waals surface area contributed by atoms with Crippen LogP contribution in [0.1, 0.15) is 29.5 Å². The summed E-state index contributed by atoms with van der Waals surface area (Å²) in [6.45, 7) is 0. The number of fused-ring (bicyclic) bond motifs is 1. The van der Waals surface area contributed by atoms with E-state index in [1.165, 1.54) is 12.0 Å². The third-order valence-corrected chi connectivity index (χ3v) is 4.41. The lowest BCUT2D eigenvalue weighted by molar-refractivity contribution is 0.616. The molecular formula is C18H17N3. The molecule has 0 amide bonds. The molecule has 3 aromatic rings. The van der Waals surface area contributed by atoms with E-state index in [0.717, 1.165) is 16.6 Å². The van der Waals surface area contributed by atoms with Gasteiger partial charge in [-0.2, -0.15) is 0 Å². The van der Waals surface area contributed by atoms with Gasteiger partial charge in [0.2, 0.25) is 0 Å². The fraction of sp³-hybridized carbons (Fsp3) is 0.222. The normalized spacial score (nSPS) is 22.1. The molecule has 3 heteroatoms. The Morgan fingerprint density at radius 2 is 1.71 bits per heavy atom. The molecule has 104 valence electrons. The number of hydrogen-bond acceptors (Lipinski definition) is 3. The largest absolute Gasteiger partial charge is 0.324 e. The molecule has 3 unspecified atom stereocenters. The summed E-state index contributed by atoms with van der Waals surface area (Å²) >= 11 is 0. The summed E-state index contributed by atoms with van der Waals surface area (Å²) in [4.78, 5) is 8.66. The highest BCUT2D eigenvalue weighted by molar-refractivity contribution is 5.74. The molecule has 1 fully saturated rings. The molecule has 1 heterocycles. The number of hydrogen-bond donors (Lipinski definition) is 1. The van der Waals surface area contributed by atoms with Crippen LogP contribution in [0.5, 0.6) is 0 Å². The van der Waals surface area contributed by atoms with Gasteiger partial charge in [0.15, 0.2) is 0 Å².